The van der Waals surface area contributed by atoms with Crippen LogP contribution in [-0.2, 0) is 4.79 Å². The Morgan fingerprint density at radius 3 is 2.41 bits per heavy atom. The number of benzene rings is 3. The number of hydrogen-bond acceptors (Lipinski definition) is 3. The van der Waals surface area contributed by atoms with E-state index in [1.165, 1.54) is 0 Å². The molecule has 0 atom stereocenters. The highest BCUT2D eigenvalue weighted by Gasteiger charge is 2.15. The summed E-state index contributed by atoms with van der Waals surface area (Å²) in [6, 6.07) is 27.2. The molecule has 0 unspecified atom stereocenters. The number of aryl methyl sites for hydroxylation is 2. The Hall–Kier alpha value is -4.43. The Balaban J connectivity index is 1.75. The molecule has 0 aliphatic rings. The van der Waals surface area contributed by atoms with Crippen LogP contribution in [0.5, 0.6) is 0 Å². The molecule has 1 heterocycles. The average Bonchev–Trinajstić information content (AvgIpc) is 3.22. The first-order chi connectivity index (χ1) is 15.5. The minimum Gasteiger partial charge on any atom is -0.321 e. The van der Waals surface area contributed by atoms with Crippen LogP contribution in [0.25, 0.3) is 23.0 Å². The Labute approximate surface area is 187 Å². The van der Waals surface area contributed by atoms with Gasteiger partial charge in [-0.25, -0.2) is 4.68 Å². The van der Waals surface area contributed by atoms with Crippen molar-refractivity contribution in [3.8, 4) is 23.0 Å². The fourth-order valence-corrected chi connectivity index (χ4v) is 3.37. The zero-order valence-electron chi connectivity index (χ0n) is 17.9. The highest BCUT2D eigenvalue weighted by atomic mass is 16.1. The monoisotopic (exact) mass is 418 g/mol. The summed E-state index contributed by atoms with van der Waals surface area (Å²) in [5, 5.41) is 17.3. The Morgan fingerprint density at radius 2 is 1.72 bits per heavy atom. The molecule has 0 bridgehead atoms. The molecule has 3 aromatic carbocycles. The molecule has 156 valence electrons. The molecule has 0 saturated carbocycles. The summed E-state index contributed by atoms with van der Waals surface area (Å²) in [5.41, 5.74) is 6.01. The molecule has 1 aromatic heterocycles. The fraction of sp³-hybridized carbons (Fsp3) is 0.0741. The molecule has 5 nitrogen and oxygen atoms in total. The zero-order valence-corrected chi connectivity index (χ0v) is 17.9. The minimum atomic E-state index is -0.458. The quantitative estimate of drug-likeness (QED) is 0.334. The Bertz CT molecular complexity index is 1330. The van der Waals surface area contributed by atoms with Crippen LogP contribution in [0, 0.1) is 25.2 Å². The van der Waals surface area contributed by atoms with Crippen molar-refractivity contribution in [2.24, 2.45) is 0 Å². The van der Waals surface area contributed by atoms with Gasteiger partial charge in [-0.1, -0.05) is 60.2 Å². The van der Waals surface area contributed by atoms with Gasteiger partial charge in [-0.2, -0.15) is 10.4 Å². The maximum Gasteiger partial charge on any atom is 0.266 e. The van der Waals surface area contributed by atoms with Gasteiger partial charge in [0.2, 0.25) is 0 Å². The van der Waals surface area contributed by atoms with Gasteiger partial charge >= 0.3 is 0 Å². The van der Waals surface area contributed by atoms with E-state index in [2.05, 4.69) is 5.32 Å². The molecular weight excluding hydrogens is 396 g/mol. The maximum atomic E-state index is 12.8. The van der Waals surface area contributed by atoms with E-state index >= 15 is 0 Å². The summed E-state index contributed by atoms with van der Waals surface area (Å²) in [4.78, 5) is 12.8. The van der Waals surface area contributed by atoms with Gasteiger partial charge in [0.25, 0.3) is 5.91 Å². The summed E-state index contributed by atoms with van der Waals surface area (Å²) >= 11 is 0. The molecule has 4 aromatic rings. The van der Waals surface area contributed by atoms with Crippen molar-refractivity contribution in [1.82, 2.24) is 9.78 Å². The molecular formula is C27H22N4O. The van der Waals surface area contributed by atoms with Crippen LogP contribution in [0.15, 0.2) is 90.6 Å². The first-order valence-electron chi connectivity index (χ1n) is 10.3. The van der Waals surface area contributed by atoms with E-state index in [4.69, 9.17) is 5.10 Å². The Kier molecular flexibility index (Phi) is 5.96. The van der Waals surface area contributed by atoms with Gasteiger partial charge in [-0.15, -0.1) is 0 Å². The number of rotatable bonds is 5. The highest BCUT2D eigenvalue weighted by Crippen LogP contribution is 2.26. The smallest absolute Gasteiger partial charge is 0.266 e. The number of para-hydroxylation sites is 1. The molecule has 0 aliphatic carbocycles. The van der Waals surface area contributed by atoms with E-state index in [1.54, 1.807) is 16.8 Å². The van der Waals surface area contributed by atoms with Gasteiger partial charge in [0.15, 0.2) is 0 Å². The van der Waals surface area contributed by atoms with Crippen LogP contribution in [-0.4, -0.2) is 15.7 Å². The van der Waals surface area contributed by atoms with Gasteiger partial charge in [0, 0.05) is 23.0 Å². The van der Waals surface area contributed by atoms with Crippen LogP contribution in [0.1, 0.15) is 16.7 Å². The lowest BCUT2D eigenvalue weighted by atomic mass is 10.0. The molecule has 0 aliphatic heterocycles. The lowest BCUT2D eigenvalue weighted by Gasteiger charge is -2.05. The normalized spacial score (nSPS) is 11.1. The molecule has 1 N–H and O–H groups in total. The minimum absolute atomic E-state index is 0.00693. The second-order valence-electron chi connectivity index (χ2n) is 7.57. The molecule has 5 heteroatoms. The number of amides is 1. The van der Waals surface area contributed by atoms with Crippen molar-refractivity contribution >= 4 is 17.7 Å². The Morgan fingerprint density at radius 1 is 0.969 bits per heavy atom. The van der Waals surface area contributed by atoms with E-state index < -0.39 is 5.91 Å². The molecule has 0 spiro atoms. The average molecular weight is 419 g/mol. The largest absolute Gasteiger partial charge is 0.321 e. The number of carbonyl (C=O) groups is 1. The van der Waals surface area contributed by atoms with Crippen molar-refractivity contribution in [2.45, 2.75) is 13.8 Å². The third-order valence-electron chi connectivity index (χ3n) is 5.03. The van der Waals surface area contributed by atoms with Crippen molar-refractivity contribution in [3.63, 3.8) is 0 Å². The highest BCUT2D eigenvalue weighted by molar-refractivity contribution is 6.10. The van der Waals surface area contributed by atoms with Crippen molar-refractivity contribution < 1.29 is 4.79 Å². The predicted molar refractivity (Wildman–Crippen MR) is 127 cm³/mol. The summed E-state index contributed by atoms with van der Waals surface area (Å²) in [6.45, 7) is 3.97. The first kappa shape index (κ1) is 20.8. The van der Waals surface area contributed by atoms with E-state index in [9.17, 15) is 10.1 Å². The number of anilines is 1. The molecule has 1 amide bonds. The summed E-state index contributed by atoms with van der Waals surface area (Å²) in [6.07, 6.45) is 3.43. The second kappa shape index (κ2) is 9.15. The van der Waals surface area contributed by atoms with Crippen LogP contribution in [0.3, 0.4) is 0 Å². The third-order valence-corrected chi connectivity index (χ3v) is 5.03. The molecule has 0 radical (unpaired) electrons. The van der Waals surface area contributed by atoms with E-state index in [0.717, 1.165) is 22.4 Å². The lowest BCUT2D eigenvalue weighted by molar-refractivity contribution is -0.112. The predicted octanol–water partition coefficient (Wildman–Crippen LogP) is 5.70. The standard InChI is InChI=1S/C27H22N4O/c1-19-11-13-21(14-12-19)26-23(18-31(30-26)25-9-4-3-5-10-25)16-22(17-28)27(32)29-24-8-6-7-20(2)15-24/h3-16,18H,1-2H3,(H,29,32)/b22-16-. The SMILES string of the molecule is Cc1ccc(-c2nn(-c3ccccc3)cc2/C=C(/C#N)C(=O)Nc2cccc(C)c2)cc1. The number of aromatic nitrogens is 2. The summed E-state index contributed by atoms with van der Waals surface area (Å²) < 4.78 is 1.76. The topological polar surface area (TPSA) is 70.7 Å². The van der Waals surface area contributed by atoms with Crippen LogP contribution in [0.4, 0.5) is 5.69 Å². The number of nitrogens with zero attached hydrogens (tertiary/aromatic N) is 3. The van der Waals surface area contributed by atoms with Crippen molar-refractivity contribution in [1.29, 1.82) is 5.26 Å². The fourth-order valence-electron chi connectivity index (χ4n) is 3.37. The second-order valence-corrected chi connectivity index (χ2v) is 7.57. The van der Waals surface area contributed by atoms with Gasteiger partial charge in [0.05, 0.1) is 11.4 Å². The van der Waals surface area contributed by atoms with Crippen LogP contribution < -0.4 is 5.32 Å². The molecule has 4 rings (SSSR count). The molecule has 0 saturated heterocycles. The number of nitrogens with one attached hydrogen (secondary N) is 1. The summed E-state index contributed by atoms with van der Waals surface area (Å²) in [7, 11) is 0. The zero-order chi connectivity index (χ0) is 22.5. The van der Waals surface area contributed by atoms with Crippen LogP contribution >= 0.6 is 0 Å². The van der Waals surface area contributed by atoms with Crippen LogP contribution in [0.2, 0.25) is 0 Å². The van der Waals surface area contributed by atoms with Crippen molar-refractivity contribution in [2.75, 3.05) is 5.32 Å². The van der Waals surface area contributed by atoms with Gasteiger partial charge in [0.1, 0.15) is 11.6 Å². The molecule has 32 heavy (non-hydrogen) atoms. The van der Waals surface area contributed by atoms with E-state index in [1.807, 2.05) is 98.9 Å². The maximum absolute atomic E-state index is 12.8. The number of carbonyl (C=O) groups excluding carboxylic acids is 1. The van der Waals surface area contributed by atoms with E-state index in [0.29, 0.717) is 16.9 Å². The van der Waals surface area contributed by atoms with Crippen molar-refractivity contribution in [3.05, 3.63) is 107 Å². The van der Waals surface area contributed by atoms with E-state index in [-0.39, 0.29) is 5.57 Å². The first-order valence-corrected chi connectivity index (χ1v) is 10.3. The van der Waals surface area contributed by atoms with Gasteiger partial charge in [-0.3, -0.25) is 4.79 Å². The lowest BCUT2D eigenvalue weighted by Crippen LogP contribution is -2.13. The summed E-state index contributed by atoms with van der Waals surface area (Å²) in [5.74, 6) is -0.458. The molecule has 0 fully saturated rings. The van der Waals surface area contributed by atoms with Gasteiger partial charge in [-0.05, 0) is 49.8 Å². The van der Waals surface area contributed by atoms with Gasteiger partial charge < -0.3 is 5.32 Å². The number of nitriles is 1. The third kappa shape index (κ3) is 4.66. The number of hydrogen-bond donors (Lipinski definition) is 1.